The molecule has 0 heterocycles. The molecule has 0 atom stereocenters. The maximum Gasteiger partial charge on any atom is 0.0499 e. The van der Waals surface area contributed by atoms with Crippen LogP contribution in [0.2, 0.25) is 5.02 Å². The fourth-order valence-corrected chi connectivity index (χ4v) is 3.97. The molecule has 0 spiro atoms. The lowest BCUT2D eigenvalue weighted by molar-refractivity contribution is 0.0732. The highest BCUT2D eigenvalue weighted by Crippen LogP contribution is 2.39. The summed E-state index contributed by atoms with van der Waals surface area (Å²) in [5, 5.41) is 14.3. The van der Waals surface area contributed by atoms with E-state index >= 15 is 0 Å². The van der Waals surface area contributed by atoms with E-state index in [1.54, 1.807) is 0 Å². The number of hydrogen-bond donors (Lipinski definition) is 2. The molecule has 1 aromatic carbocycles. The molecule has 0 radical (unpaired) electrons. The fourth-order valence-electron chi connectivity index (χ4n) is 3.85. The molecule has 0 bridgehead atoms. The van der Waals surface area contributed by atoms with Crippen molar-refractivity contribution < 1.29 is 5.11 Å². The average molecular weight is 308 g/mol. The van der Waals surface area contributed by atoms with Crippen LogP contribution in [0.4, 0.5) is 0 Å². The van der Waals surface area contributed by atoms with Gasteiger partial charge in [0.25, 0.3) is 0 Å². The van der Waals surface area contributed by atoms with Gasteiger partial charge < -0.3 is 10.4 Å². The first-order chi connectivity index (χ1) is 10.2. The Balaban J connectivity index is 1.45. The molecule has 2 nitrogen and oxygen atoms in total. The summed E-state index contributed by atoms with van der Waals surface area (Å²) in [5.41, 5.74) is 1.57. The molecule has 3 heteroatoms. The van der Waals surface area contributed by atoms with Crippen molar-refractivity contribution in [3.63, 3.8) is 0 Å². The van der Waals surface area contributed by atoms with Crippen molar-refractivity contribution in [3.05, 3.63) is 34.9 Å². The van der Waals surface area contributed by atoms with Crippen LogP contribution in [0.15, 0.2) is 24.3 Å². The number of aliphatic hydroxyl groups is 1. The predicted octanol–water partition coefficient (Wildman–Crippen LogP) is 4.12. The van der Waals surface area contributed by atoms with Gasteiger partial charge in [-0.15, -0.1) is 0 Å². The SMILES string of the molecule is OCC1(CNC2CC(c3ccc(Cl)cc3)C2)CCCCC1. The lowest BCUT2D eigenvalue weighted by Crippen LogP contribution is -2.47. The molecule has 2 aliphatic carbocycles. The van der Waals surface area contributed by atoms with Gasteiger partial charge in [-0.2, -0.15) is 0 Å². The number of benzene rings is 1. The molecule has 0 unspecified atom stereocenters. The highest BCUT2D eigenvalue weighted by atomic mass is 35.5. The van der Waals surface area contributed by atoms with E-state index in [0.29, 0.717) is 18.6 Å². The van der Waals surface area contributed by atoms with Gasteiger partial charge in [-0.25, -0.2) is 0 Å². The van der Waals surface area contributed by atoms with Crippen molar-refractivity contribution in [1.29, 1.82) is 0 Å². The number of rotatable bonds is 5. The van der Waals surface area contributed by atoms with Crippen LogP contribution in [0.25, 0.3) is 0 Å². The number of hydrogen-bond acceptors (Lipinski definition) is 2. The Morgan fingerprint density at radius 1 is 1.10 bits per heavy atom. The Kier molecular flexibility index (Phi) is 4.88. The Morgan fingerprint density at radius 2 is 1.76 bits per heavy atom. The quantitative estimate of drug-likeness (QED) is 0.857. The lowest BCUT2D eigenvalue weighted by Gasteiger charge is -2.41. The molecule has 116 valence electrons. The van der Waals surface area contributed by atoms with E-state index in [-0.39, 0.29) is 5.41 Å². The Morgan fingerprint density at radius 3 is 2.38 bits per heavy atom. The summed E-state index contributed by atoms with van der Waals surface area (Å²) in [6, 6.07) is 8.90. The molecular formula is C18H26ClNO. The second-order valence-corrected chi connectivity index (χ2v) is 7.45. The second kappa shape index (κ2) is 6.68. The minimum Gasteiger partial charge on any atom is -0.396 e. The van der Waals surface area contributed by atoms with Gasteiger partial charge in [-0.1, -0.05) is 43.0 Å². The van der Waals surface area contributed by atoms with Crippen molar-refractivity contribution in [3.8, 4) is 0 Å². The van der Waals surface area contributed by atoms with Crippen molar-refractivity contribution in [2.75, 3.05) is 13.2 Å². The number of aliphatic hydroxyl groups excluding tert-OH is 1. The Bertz CT molecular complexity index is 447. The zero-order valence-corrected chi connectivity index (χ0v) is 13.4. The highest BCUT2D eigenvalue weighted by Gasteiger charge is 2.35. The van der Waals surface area contributed by atoms with E-state index in [4.69, 9.17) is 11.6 Å². The first-order valence-corrected chi connectivity index (χ1v) is 8.68. The average Bonchev–Trinajstić information content (AvgIpc) is 2.48. The molecule has 21 heavy (non-hydrogen) atoms. The molecule has 1 aromatic rings. The standard InChI is InChI=1S/C18H26ClNO/c19-16-6-4-14(5-7-16)15-10-17(11-15)20-12-18(13-21)8-2-1-3-9-18/h4-7,15,17,20-21H,1-3,8-13H2. The van der Waals surface area contributed by atoms with Crippen molar-refractivity contribution in [2.24, 2.45) is 5.41 Å². The van der Waals surface area contributed by atoms with Crippen molar-refractivity contribution in [1.82, 2.24) is 5.32 Å². The van der Waals surface area contributed by atoms with Crippen LogP contribution in [-0.4, -0.2) is 24.3 Å². The summed E-state index contributed by atoms with van der Waals surface area (Å²) < 4.78 is 0. The fraction of sp³-hybridized carbons (Fsp3) is 0.667. The van der Waals surface area contributed by atoms with E-state index in [9.17, 15) is 5.11 Å². The van der Waals surface area contributed by atoms with Gasteiger partial charge in [-0.05, 0) is 49.3 Å². The van der Waals surface area contributed by atoms with E-state index in [1.807, 2.05) is 12.1 Å². The zero-order valence-electron chi connectivity index (χ0n) is 12.7. The largest absolute Gasteiger partial charge is 0.396 e. The molecule has 2 aliphatic rings. The van der Waals surface area contributed by atoms with Gasteiger partial charge in [0.05, 0.1) is 0 Å². The molecule has 0 saturated heterocycles. The third-order valence-corrected chi connectivity index (χ3v) is 5.75. The van der Waals surface area contributed by atoms with Crippen LogP contribution in [0.5, 0.6) is 0 Å². The number of nitrogens with one attached hydrogen (secondary N) is 1. The molecule has 0 aromatic heterocycles. The summed E-state index contributed by atoms with van der Waals surface area (Å²) >= 11 is 5.94. The van der Waals surface area contributed by atoms with Crippen LogP contribution < -0.4 is 5.32 Å². The monoisotopic (exact) mass is 307 g/mol. The maximum absolute atomic E-state index is 9.75. The molecule has 2 fully saturated rings. The van der Waals surface area contributed by atoms with Gasteiger partial charge in [-0.3, -0.25) is 0 Å². The van der Waals surface area contributed by atoms with Crippen LogP contribution in [0.3, 0.4) is 0 Å². The molecule has 0 aliphatic heterocycles. The van der Waals surface area contributed by atoms with Crippen LogP contribution in [0.1, 0.15) is 56.4 Å². The molecule has 0 amide bonds. The zero-order chi connectivity index (χ0) is 14.7. The van der Waals surface area contributed by atoms with Gasteiger partial charge in [0.15, 0.2) is 0 Å². The Hall–Kier alpha value is -0.570. The van der Waals surface area contributed by atoms with Crippen LogP contribution in [0, 0.1) is 5.41 Å². The van der Waals surface area contributed by atoms with Gasteiger partial charge in [0.1, 0.15) is 0 Å². The van der Waals surface area contributed by atoms with Crippen LogP contribution >= 0.6 is 11.6 Å². The predicted molar refractivity (Wildman–Crippen MR) is 87.8 cm³/mol. The van der Waals surface area contributed by atoms with Crippen molar-refractivity contribution >= 4 is 11.6 Å². The molecule has 2 N–H and O–H groups in total. The smallest absolute Gasteiger partial charge is 0.0499 e. The maximum atomic E-state index is 9.75. The summed E-state index contributed by atoms with van der Waals surface area (Å²) in [6.07, 6.45) is 8.68. The van der Waals surface area contributed by atoms with E-state index in [2.05, 4.69) is 17.4 Å². The van der Waals surface area contributed by atoms with Gasteiger partial charge in [0, 0.05) is 29.6 Å². The van der Waals surface area contributed by atoms with Crippen molar-refractivity contribution in [2.45, 2.75) is 56.9 Å². The van der Waals surface area contributed by atoms with Crippen LogP contribution in [-0.2, 0) is 0 Å². The number of halogens is 1. The summed E-state index contributed by atoms with van der Waals surface area (Å²) in [4.78, 5) is 0. The first-order valence-electron chi connectivity index (χ1n) is 8.30. The Labute approximate surface area is 132 Å². The van der Waals surface area contributed by atoms with Gasteiger partial charge >= 0.3 is 0 Å². The third kappa shape index (κ3) is 3.61. The molecule has 3 rings (SSSR count). The molecule has 2 saturated carbocycles. The first kappa shape index (κ1) is 15.3. The summed E-state index contributed by atoms with van der Waals surface area (Å²) in [7, 11) is 0. The molecular weight excluding hydrogens is 282 g/mol. The van der Waals surface area contributed by atoms with E-state index < -0.39 is 0 Å². The highest BCUT2D eigenvalue weighted by molar-refractivity contribution is 6.30. The van der Waals surface area contributed by atoms with Gasteiger partial charge in [0.2, 0.25) is 0 Å². The summed E-state index contributed by atoms with van der Waals surface area (Å²) in [6.45, 7) is 1.33. The third-order valence-electron chi connectivity index (χ3n) is 5.49. The minimum atomic E-state index is 0.156. The van der Waals surface area contributed by atoms with E-state index in [1.165, 1.54) is 50.5 Å². The van der Waals surface area contributed by atoms with E-state index in [0.717, 1.165) is 11.6 Å². The second-order valence-electron chi connectivity index (χ2n) is 7.02. The summed E-state index contributed by atoms with van der Waals surface area (Å²) in [5.74, 6) is 0.677. The minimum absolute atomic E-state index is 0.156. The topological polar surface area (TPSA) is 32.3 Å². The lowest BCUT2D eigenvalue weighted by atomic mass is 9.72. The normalized spacial score (nSPS) is 28.1.